The Kier molecular flexibility index (Phi) is 5.48. The molecule has 0 radical (unpaired) electrons. The van der Waals surface area contributed by atoms with E-state index in [2.05, 4.69) is 33.0 Å². The molecule has 0 fully saturated rings. The van der Waals surface area contributed by atoms with Crippen LogP contribution in [0.4, 0.5) is 8.78 Å². The number of benzene rings is 1. The summed E-state index contributed by atoms with van der Waals surface area (Å²) in [6.07, 6.45) is 1.56. The molecule has 108 valence electrons. The van der Waals surface area contributed by atoms with E-state index in [1.54, 1.807) is 0 Å². The van der Waals surface area contributed by atoms with Gasteiger partial charge in [0, 0.05) is 12.1 Å². The van der Waals surface area contributed by atoms with Gasteiger partial charge in [-0.3, -0.25) is 0 Å². The summed E-state index contributed by atoms with van der Waals surface area (Å²) < 4.78 is 26.5. The Hall–Kier alpha value is -0.960. The van der Waals surface area contributed by atoms with Gasteiger partial charge in [-0.1, -0.05) is 33.8 Å². The minimum absolute atomic E-state index is 0.203. The number of halogens is 2. The van der Waals surface area contributed by atoms with Gasteiger partial charge in [0.25, 0.3) is 0 Å². The first-order valence-electron chi connectivity index (χ1n) is 6.85. The maximum Gasteiger partial charge on any atom is 0.129 e. The third-order valence-corrected chi connectivity index (χ3v) is 4.01. The van der Waals surface area contributed by atoms with Gasteiger partial charge in [-0.05, 0) is 42.9 Å². The zero-order chi connectivity index (χ0) is 14.6. The normalized spacial score (nSPS) is 15.3. The Morgan fingerprint density at radius 2 is 1.84 bits per heavy atom. The van der Waals surface area contributed by atoms with Crippen LogP contribution >= 0.6 is 0 Å². The van der Waals surface area contributed by atoms with E-state index < -0.39 is 11.6 Å². The fourth-order valence-corrected chi connectivity index (χ4v) is 2.04. The molecule has 0 spiro atoms. The molecule has 0 heterocycles. The predicted octanol–water partition coefficient (Wildman–Crippen LogP) is 4.17. The molecule has 2 unspecified atom stereocenters. The Morgan fingerprint density at radius 1 is 1.21 bits per heavy atom. The van der Waals surface area contributed by atoms with Crippen LogP contribution in [0.5, 0.6) is 0 Å². The fraction of sp³-hybridized carbons (Fsp3) is 0.625. The molecule has 1 aromatic carbocycles. The molecule has 19 heavy (non-hydrogen) atoms. The molecule has 0 saturated heterocycles. The van der Waals surface area contributed by atoms with Gasteiger partial charge in [-0.25, -0.2) is 8.78 Å². The highest BCUT2D eigenvalue weighted by Gasteiger charge is 2.23. The van der Waals surface area contributed by atoms with E-state index in [0.717, 1.165) is 12.5 Å². The Morgan fingerprint density at radius 3 is 2.32 bits per heavy atom. The molecule has 0 amide bonds. The van der Waals surface area contributed by atoms with Gasteiger partial charge in [0.05, 0.1) is 0 Å². The third-order valence-electron chi connectivity index (χ3n) is 4.01. The average molecular weight is 269 g/mol. The van der Waals surface area contributed by atoms with Gasteiger partial charge in [0.15, 0.2) is 0 Å². The highest BCUT2D eigenvalue weighted by molar-refractivity contribution is 5.19. The zero-order valence-electron chi connectivity index (χ0n) is 12.6. The summed E-state index contributed by atoms with van der Waals surface area (Å²) >= 11 is 0. The van der Waals surface area contributed by atoms with Gasteiger partial charge in [-0.15, -0.1) is 0 Å². The SMILES string of the molecule is CNC(Cc1ccc(F)cc1F)CC(C)C(C)(C)C. The molecule has 0 bridgehead atoms. The molecule has 0 aromatic heterocycles. The molecule has 1 nitrogen and oxygen atoms in total. The molecule has 1 aromatic rings. The molecule has 0 aliphatic rings. The van der Waals surface area contributed by atoms with E-state index in [9.17, 15) is 8.78 Å². The zero-order valence-corrected chi connectivity index (χ0v) is 12.6. The van der Waals surface area contributed by atoms with Crippen LogP contribution in [-0.2, 0) is 6.42 Å². The number of hydrogen-bond acceptors (Lipinski definition) is 1. The molecule has 0 saturated carbocycles. The lowest BCUT2D eigenvalue weighted by molar-refractivity contribution is 0.224. The first-order chi connectivity index (χ1) is 8.74. The second-order valence-electron chi connectivity index (χ2n) is 6.43. The van der Waals surface area contributed by atoms with Crippen LogP contribution < -0.4 is 5.32 Å². The number of likely N-dealkylation sites (N-methyl/N-ethyl adjacent to an activating group) is 1. The standard InChI is InChI=1S/C16H25F2N/c1-11(16(2,3)4)8-14(19-5)9-12-6-7-13(17)10-15(12)18/h6-7,10-11,14,19H,8-9H2,1-5H3. The van der Waals surface area contributed by atoms with Crippen LogP contribution in [0.15, 0.2) is 18.2 Å². The van der Waals surface area contributed by atoms with Crippen LogP contribution in [0.1, 0.15) is 39.7 Å². The number of hydrogen-bond donors (Lipinski definition) is 1. The largest absolute Gasteiger partial charge is 0.317 e. The maximum absolute atomic E-state index is 13.7. The van der Waals surface area contributed by atoms with E-state index in [4.69, 9.17) is 0 Å². The lowest BCUT2D eigenvalue weighted by Gasteiger charge is -2.30. The summed E-state index contributed by atoms with van der Waals surface area (Å²) in [7, 11) is 1.89. The summed E-state index contributed by atoms with van der Waals surface area (Å²) in [6.45, 7) is 8.85. The first-order valence-corrected chi connectivity index (χ1v) is 6.85. The van der Waals surface area contributed by atoms with Crippen LogP contribution in [0.3, 0.4) is 0 Å². The lowest BCUT2D eigenvalue weighted by atomic mass is 9.78. The monoisotopic (exact) mass is 269 g/mol. The van der Waals surface area contributed by atoms with Crippen molar-refractivity contribution >= 4 is 0 Å². The second kappa shape index (κ2) is 6.47. The Bertz CT molecular complexity index is 410. The molecule has 0 aliphatic carbocycles. The second-order valence-corrected chi connectivity index (χ2v) is 6.43. The quantitative estimate of drug-likeness (QED) is 0.846. The van der Waals surface area contributed by atoms with Gasteiger partial charge in [-0.2, -0.15) is 0 Å². The highest BCUT2D eigenvalue weighted by Crippen LogP contribution is 2.29. The maximum atomic E-state index is 13.7. The summed E-state index contributed by atoms with van der Waals surface area (Å²) in [5, 5.41) is 3.23. The van der Waals surface area contributed by atoms with Gasteiger partial charge in [0.2, 0.25) is 0 Å². The summed E-state index contributed by atoms with van der Waals surface area (Å²) in [6, 6.07) is 4.01. The van der Waals surface area contributed by atoms with Crippen molar-refractivity contribution < 1.29 is 8.78 Å². The fourth-order valence-electron chi connectivity index (χ4n) is 2.04. The van der Waals surface area contributed by atoms with Crippen LogP contribution in [-0.4, -0.2) is 13.1 Å². The summed E-state index contributed by atoms with van der Waals surface area (Å²) in [5.74, 6) is -0.456. The topological polar surface area (TPSA) is 12.0 Å². The van der Waals surface area contributed by atoms with Crippen molar-refractivity contribution in [1.82, 2.24) is 5.32 Å². The van der Waals surface area contributed by atoms with Gasteiger partial charge >= 0.3 is 0 Å². The summed E-state index contributed by atoms with van der Waals surface area (Å²) in [4.78, 5) is 0. The highest BCUT2D eigenvalue weighted by atomic mass is 19.1. The number of nitrogens with one attached hydrogen (secondary N) is 1. The van der Waals surface area contributed by atoms with Crippen molar-refractivity contribution in [1.29, 1.82) is 0 Å². The van der Waals surface area contributed by atoms with E-state index in [0.29, 0.717) is 17.9 Å². The van der Waals surface area contributed by atoms with Crippen LogP contribution in [0.25, 0.3) is 0 Å². The average Bonchev–Trinajstić information content (AvgIpc) is 2.30. The third kappa shape index (κ3) is 4.90. The predicted molar refractivity (Wildman–Crippen MR) is 76.1 cm³/mol. The summed E-state index contributed by atoms with van der Waals surface area (Å²) in [5.41, 5.74) is 0.804. The number of rotatable bonds is 5. The molecule has 1 N–H and O–H groups in total. The molecule has 0 aliphatic heterocycles. The van der Waals surface area contributed by atoms with Gasteiger partial charge < -0.3 is 5.32 Å². The van der Waals surface area contributed by atoms with E-state index in [1.807, 2.05) is 7.05 Å². The van der Waals surface area contributed by atoms with Crippen molar-refractivity contribution in [2.24, 2.45) is 11.3 Å². The van der Waals surface area contributed by atoms with E-state index >= 15 is 0 Å². The minimum Gasteiger partial charge on any atom is -0.317 e. The Balaban J connectivity index is 2.72. The van der Waals surface area contributed by atoms with Crippen molar-refractivity contribution in [3.63, 3.8) is 0 Å². The lowest BCUT2D eigenvalue weighted by Crippen LogP contribution is -2.33. The van der Waals surface area contributed by atoms with Crippen molar-refractivity contribution in [2.45, 2.75) is 46.6 Å². The Labute approximate surface area is 115 Å². The smallest absolute Gasteiger partial charge is 0.129 e. The molecular formula is C16H25F2N. The van der Waals surface area contributed by atoms with Crippen LogP contribution in [0.2, 0.25) is 0 Å². The van der Waals surface area contributed by atoms with E-state index in [-0.39, 0.29) is 11.5 Å². The first kappa shape index (κ1) is 16.1. The van der Waals surface area contributed by atoms with Gasteiger partial charge in [0.1, 0.15) is 11.6 Å². The van der Waals surface area contributed by atoms with Crippen molar-refractivity contribution in [3.05, 3.63) is 35.4 Å². The van der Waals surface area contributed by atoms with Crippen molar-refractivity contribution in [2.75, 3.05) is 7.05 Å². The molecule has 1 rings (SSSR count). The van der Waals surface area contributed by atoms with Crippen LogP contribution in [0, 0.1) is 23.0 Å². The van der Waals surface area contributed by atoms with E-state index in [1.165, 1.54) is 12.1 Å². The molecule has 3 heteroatoms. The van der Waals surface area contributed by atoms with Crippen molar-refractivity contribution in [3.8, 4) is 0 Å². The molecular weight excluding hydrogens is 244 g/mol. The molecule has 2 atom stereocenters. The minimum atomic E-state index is -0.523.